The first-order valence-corrected chi connectivity index (χ1v) is 44.0. The normalized spacial score (nSPS) is 12.6. The van der Waals surface area contributed by atoms with E-state index in [2.05, 4.69) is 419 Å². The molecular formula is C98H143KN29+9. The van der Waals surface area contributed by atoms with Crippen molar-refractivity contribution >= 4 is 0 Å². The Kier molecular flexibility index (Phi) is 32.4. The maximum atomic E-state index is 4.02. The van der Waals surface area contributed by atoms with Crippen molar-refractivity contribution in [3.8, 4) is 0 Å². The van der Waals surface area contributed by atoms with E-state index in [1.54, 1.807) is 31.1 Å². The smallest absolute Gasteiger partial charge is 1.00 e. The number of hydrogen-bond donors (Lipinski definition) is 12. The summed E-state index contributed by atoms with van der Waals surface area (Å²) >= 11 is 0. The van der Waals surface area contributed by atoms with E-state index in [-0.39, 0.29) is 52.8 Å². The van der Waals surface area contributed by atoms with Crippen LogP contribution in [-0.2, 0) is 117 Å². The van der Waals surface area contributed by atoms with Crippen molar-refractivity contribution in [2.75, 3.05) is 127 Å². The molecule has 29 nitrogen and oxygen atoms in total. The van der Waals surface area contributed by atoms with E-state index in [0.29, 0.717) is 0 Å². The Morgan fingerprint density at radius 1 is 0.297 bits per heavy atom. The van der Waals surface area contributed by atoms with Gasteiger partial charge in [-0.3, -0.25) is 0 Å². The molecule has 0 atom stereocenters. The summed E-state index contributed by atoms with van der Waals surface area (Å²) in [6.45, 7) is 12.8. The van der Waals surface area contributed by atoms with Crippen LogP contribution in [0, 0.1) is 0 Å². The van der Waals surface area contributed by atoms with E-state index < -0.39 is 0 Å². The summed E-state index contributed by atoms with van der Waals surface area (Å²) in [6.07, 6.45) is 39.0. The molecule has 1 aliphatic rings. The molecule has 128 heavy (non-hydrogen) atoms. The summed E-state index contributed by atoms with van der Waals surface area (Å²) in [7, 11) is 39.8. The number of quaternary nitrogens is 6. The molecule has 17 aromatic heterocycles. The molecule has 30 heteroatoms. The summed E-state index contributed by atoms with van der Waals surface area (Å²) < 4.78 is 23.0. The zero-order chi connectivity index (χ0) is 89.9. The number of nitrogens with zero attached hydrogens (tertiary/aromatic N) is 17. The second kappa shape index (κ2) is 43.2. The van der Waals surface area contributed by atoms with Crippen molar-refractivity contribution in [3.63, 3.8) is 0 Å². The molecule has 0 spiro atoms. The monoisotopic (exact) mass is 1770 g/mol. The van der Waals surface area contributed by atoms with Gasteiger partial charge in [0.25, 0.3) is 0 Å². The van der Waals surface area contributed by atoms with Gasteiger partial charge in [-0.15, -0.1) is 0 Å². The molecule has 672 valence electrons. The molecule has 0 aliphatic carbocycles. The van der Waals surface area contributed by atoms with E-state index in [0.717, 1.165) is 144 Å². The van der Waals surface area contributed by atoms with Gasteiger partial charge in [-0.2, -0.15) is 0 Å². The molecule has 0 saturated heterocycles. The third-order valence-corrected chi connectivity index (χ3v) is 20.9. The first kappa shape index (κ1) is 95.8. The zero-order valence-corrected chi connectivity index (χ0v) is 82.5. The third kappa shape index (κ3) is 33.1. The number of hydrogen-bond acceptors (Lipinski definition) is 3. The summed E-state index contributed by atoms with van der Waals surface area (Å²) in [6, 6.07) is 48.1. The van der Waals surface area contributed by atoms with Crippen molar-refractivity contribution in [1.82, 2.24) is 97.6 Å². The summed E-state index contributed by atoms with van der Waals surface area (Å²) in [5, 5.41) is 0. The molecule has 12 bridgehead atoms. The van der Waals surface area contributed by atoms with E-state index >= 15 is 0 Å². The van der Waals surface area contributed by atoms with Crippen LogP contribution in [-0.4, -0.2) is 251 Å². The fraction of sp³-hybridized carbons (Fsp3) is 0.367. The minimum Gasteiger partial charge on any atom is -1.00 e. The second-order valence-electron chi connectivity index (χ2n) is 40.5. The van der Waals surface area contributed by atoms with Crippen LogP contribution in [0.25, 0.3) is 0 Å². The van der Waals surface area contributed by atoms with Crippen molar-refractivity contribution in [2.24, 2.45) is 0 Å². The van der Waals surface area contributed by atoms with E-state index in [9.17, 15) is 0 Å². The van der Waals surface area contributed by atoms with E-state index in [4.69, 9.17) is 0 Å². The van der Waals surface area contributed by atoms with Crippen molar-refractivity contribution < 1.29 is 93.4 Å². The number of imidazole rings is 6. The first-order chi connectivity index (χ1) is 60.4. The largest absolute Gasteiger partial charge is 1.00 e. The van der Waals surface area contributed by atoms with Crippen LogP contribution >= 0.6 is 0 Å². The number of aromatic nitrogens is 23. The minimum atomic E-state index is 0. The molecule has 0 unspecified atom stereocenters. The van der Waals surface area contributed by atoms with Gasteiger partial charge in [-0.25, -0.2) is 42.4 Å². The molecule has 0 amide bonds. The number of fused-ring (bicyclic) bond motifs is 12. The Hall–Kier alpha value is -11.3. The number of aromatic amines is 12. The van der Waals surface area contributed by atoms with Crippen molar-refractivity contribution in [3.05, 3.63) is 371 Å². The predicted molar refractivity (Wildman–Crippen MR) is 501 cm³/mol. The minimum absolute atomic E-state index is 0. The van der Waals surface area contributed by atoms with Gasteiger partial charge in [0.1, 0.15) is 116 Å². The number of nitrogens with one attached hydrogen (secondary N) is 12. The van der Waals surface area contributed by atoms with Gasteiger partial charge < -0.3 is 97.3 Å². The quantitative estimate of drug-likeness (QED) is 0.0161. The average molecular weight is 1770 g/mol. The Morgan fingerprint density at radius 2 is 0.602 bits per heavy atom. The molecule has 18 heterocycles. The van der Waals surface area contributed by atoms with Gasteiger partial charge in [0, 0.05) is 120 Å². The summed E-state index contributed by atoms with van der Waals surface area (Å²) in [4.78, 5) is 53.5. The zero-order valence-electron chi connectivity index (χ0n) is 80.4. The van der Waals surface area contributed by atoms with Gasteiger partial charge in [-0.05, 0) is 133 Å². The van der Waals surface area contributed by atoms with E-state index in [1.807, 2.05) is 34.2 Å². The third-order valence-electron chi connectivity index (χ3n) is 20.9. The van der Waals surface area contributed by atoms with Crippen molar-refractivity contribution in [1.29, 1.82) is 0 Å². The second-order valence-corrected chi connectivity index (χ2v) is 40.5. The molecular weight excluding hydrogens is 1620 g/mol. The standard InChI is InChI=1S/C28H30N8.C22H35N5.C21H35N6.C12H13N5.C12H25N3.C3H4N2.K.H/c1-2-22-14-24-4-6-26(31-24)16-34-10-12-36(20-34)18-28-8-7-27(32-28)17-35-11-9-33(19-35)15-25-5-3-23(30-25)13-21(1)29-22;1-26(2,3)15-21-11-9-19(24-21)13-17-7-8-18(23-17)14-20-10-12-22(25-20)16-27(4,5)6;1-26(2,3)15-20-9-7-18(22-20)13-24-11-12-25(17-24)14-19-8-10-21(23-19)16-27(4,5)6;1-2-12(8-17-6-4-14-10-17)15-11(1)7-16-5-3-13-9-16;1-14(2,3)9-11-7-8-12(13-11)10-15(4,5)6;1-2-5-3-4-1;;/h1-12,19-20,29-32H,13-18H2;7-12,23-25H,13-16H2,1-6H3;7-12,17,22-23H,13-16H2,1-6H3;1-6,9-10,15H,7-8H2;7-8,13H,9-10H2,1-6H3;1-3H,(H,4,5);;/q2*+2;+3;;+2;;+1;-1. The topological polar surface area (TPSA) is 264 Å². The molecule has 18 rings (SSSR count). The van der Waals surface area contributed by atoms with Crippen molar-refractivity contribution in [2.45, 2.75) is 117 Å². The van der Waals surface area contributed by atoms with Crippen LogP contribution in [0.5, 0.6) is 0 Å². The molecule has 17 aromatic rings. The van der Waals surface area contributed by atoms with Crippen LogP contribution < -0.4 is 65.1 Å². The fourth-order valence-electron chi connectivity index (χ4n) is 15.8. The average Bonchev–Trinajstić information content (AvgIpc) is 1.69. The molecule has 0 fully saturated rings. The molecule has 12 N–H and O–H groups in total. The Labute approximate surface area is 799 Å². The molecule has 0 aromatic carbocycles. The maximum absolute atomic E-state index is 4.02. The Balaban J connectivity index is 0.000000158. The van der Waals surface area contributed by atoms with Gasteiger partial charge in [0.05, 0.1) is 227 Å². The molecule has 1 aliphatic heterocycles. The molecule has 0 radical (unpaired) electrons. The van der Waals surface area contributed by atoms with E-state index in [1.165, 1.54) is 125 Å². The summed E-state index contributed by atoms with van der Waals surface area (Å²) in [5.74, 6) is 0. The molecule has 0 saturated carbocycles. The van der Waals surface area contributed by atoms with Crippen LogP contribution in [0.15, 0.2) is 246 Å². The van der Waals surface area contributed by atoms with Gasteiger partial charge in [-0.1, -0.05) is 0 Å². The van der Waals surface area contributed by atoms with Crippen LogP contribution in [0.4, 0.5) is 0 Å². The Morgan fingerprint density at radius 3 is 0.953 bits per heavy atom. The van der Waals surface area contributed by atoms with Gasteiger partial charge in [0.15, 0.2) is 0 Å². The first-order valence-electron chi connectivity index (χ1n) is 44.0. The van der Waals surface area contributed by atoms with Gasteiger partial charge >= 0.3 is 51.4 Å². The fourth-order valence-corrected chi connectivity index (χ4v) is 15.8. The predicted octanol–water partition coefficient (Wildman–Crippen LogP) is 8.53. The van der Waals surface area contributed by atoms with Crippen LogP contribution in [0.1, 0.15) is 127 Å². The summed E-state index contributed by atoms with van der Waals surface area (Å²) in [5.41, 5.74) is 27.4. The number of H-pyrrole nitrogens is 12. The number of rotatable bonds is 24. The SMILES string of the molecule is C[N+](C)(C)Cc1ccc(C[N+](C)(C)C)[nH]1.C[N+](C)(C)Cc1ccc(Cc2ccc(Cc3ccc(C[N+](C)(C)C)[nH]3)[nH]2)[nH]1.C[N+](C)(C)Cc1ccc(Cn2cc[n+](Cc3ccc(C[N+](C)(C)C)[nH]3)c2)[nH]1.[H-].[K+].c1c[nH]cn1.c1cc2[nH]c1Cc1ccc([nH]1)Cn1cc[n+](c1)Cc1ccc([nH]1)C[n+]1ccn(c1)Cc1ccc([nH]1)C2.c1cn(Cc2ccc(Cn3ccnc3)[nH]2)cn1. The van der Waals surface area contributed by atoms with Gasteiger partial charge in [0.2, 0.25) is 19.0 Å². The maximum Gasteiger partial charge on any atom is 1.00 e. The van der Waals surface area contributed by atoms with Crippen LogP contribution in [0.2, 0.25) is 0 Å². The van der Waals surface area contributed by atoms with Crippen LogP contribution in [0.3, 0.4) is 0 Å². The Bertz CT molecular complexity index is 5240.